The van der Waals surface area contributed by atoms with Gasteiger partial charge in [-0.05, 0) is 38.0 Å². The molecule has 0 fully saturated rings. The highest BCUT2D eigenvalue weighted by molar-refractivity contribution is 7.09. The fourth-order valence-corrected chi connectivity index (χ4v) is 2.79. The van der Waals surface area contributed by atoms with E-state index in [1.54, 1.807) is 11.3 Å². The molecule has 0 saturated heterocycles. The van der Waals surface area contributed by atoms with Crippen LogP contribution in [-0.2, 0) is 6.42 Å². The molecule has 0 spiro atoms. The fraction of sp³-hybridized carbons (Fsp3) is 0.235. The summed E-state index contributed by atoms with van der Waals surface area (Å²) >= 11 is 1.68. The zero-order chi connectivity index (χ0) is 15.4. The second-order valence-electron chi connectivity index (χ2n) is 5.19. The molecule has 3 aromatic rings. The van der Waals surface area contributed by atoms with Crippen molar-refractivity contribution < 1.29 is 0 Å². The van der Waals surface area contributed by atoms with Gasteiger partial charge in [0.05, 0.1) is 16.4 Å². The maximum atomic E-state index is 4.51. The molecule has 0 amide bonds. The summed E-state index contributed by atoms with van der Waals surface area (Å²) in [7, 11) is 0. The van der Waals surface area contributed by atoms with Crippen molar-refractivity contribution in [2.24, 2.45) is 0 Å². The van der Waals surface area contributed by atoms with Crippen LogP contribution >= 0.6 is 11.3 Å². The lowest BCUT2D eigenvalue weighted by Gasteiger charge is -2.06. The smallest absolute Gasteiger partial charge is 0.148 e. The number of rotatable bonds is 5. The van der Waals surface area contributed by atoms with E-state index in [4.69, 9.17) is 0 Å². The van der Waals surface area contributed by atoms with Crippen molar-refractivity contribution in [2.75, 3.05) is 11.9 Å². The van der Waals surface area contributed by atoms with Crippen LogP contribution in [0, 0.1) is 13.8 Å². The van der Waals surface area contributed by atoms with Crippen LogP contribution < -0.4 is 5.32 Å². The number of anilines is 1. The van der Waals surface area contributed by atoms with Gasteiger partial charge in [-0.3, -0.25) is 0 Å². The van der Waals surface area contributed by atoms with Crippen LogP contribution in [-0.4, -0.2) is 21.7 Å². The van der Waals surface area contributed by atoms with Gasteiger partial charge in [0.2, 0.25) is 0 Å². The summed E-state index contributed by atoms with van der Waals surface area (Å²) in [6.45, 7) is 4.80. The second-order valence-corrected chi connectivity index (χ2v) is 6.25. The predicted molar refractivity (Wildman–Crippen MR) is 91.2 cm³/mol. The quantitative estimate of drug-likeness (QED) is 0.777. The number of hydrogen-bond donors (Lipinski definition) is 1. The lowest BCUT2D eigenvalue weighted by molar-refractivity contribution is 0.945. The summed E-state index contributed by atoms with van der Waals surface area (Å²) in [5.74, 6) is 0.820. The molecular weight excluding hydrogens is 292 g/mol. The summed E-state index contributed by atoms with van der Waals surface area (Å²) in [6, 6.07) is 12.5. The first-order valence-electron chi connectivity index (χ1n) is 7.26. The Morgan fingerprint density at radius 2 is 1.82 bits per heavy atom. The van der Waals surface area contributed by atoms with E-state index in [1.807, 2.05) is 26.0 Å². The second kappa shape index (κ2) is 6.66. The molecule has 3 rings (SSSR count). The van der Waals surface area contributed by atoms with Crippen LogP contribution in [0.4, 0.5) is 5.82 Å². The average Bonchev–Trinajstić information content (AvgIpc) is 2.97. The largest absolute Gasteiger partial charge is 0.368 e. The van der Waals surface area contributed by atoms with Crippen LogP contribution in [0.3, 0.4) is 0 Å². The van der Waals surface area contributed by atoms with Crippen molar-refractivity contribution in [1.82, 2.24) is 15.2 Å². The van der Waals surface area contributed by atoms with E-state index in [9.17, 15) is 0 Å². The van der Waals surface area contributed by atoms with Gasteiger partial charge in [-0.25, -0.2) is 4.98 Å². The van der Waals surface area contributed by atoms with Gasteiger partial charge in [-0.1, -0.05) is 24.3 Å². The molecule has 0 aliphatic rings. The molecule has 4 nitrogen and oxygen atoms in total. The molecule has 0 radical (unpaired) electrons. The number of nitrogens with one attached hydrogen (secondary N) is 1. The van der Waals surface area contributed by atoms with Crippen molar-refractivity contribution in [3.8, 4) is 11.3 Å². The van der Waals surface area contributed by atoms with E-state index in [-0.39, 0.29) is 0 Å². The van der Waals surface area contributed by atoms with E-state index in [0.29, 0.717) is 0 Å². The third-order valence-electron chi connectivity index (χ3n) is 3.39. The van der Waals surface area contributed by atoms with Gasteiger partial charge in [0.15, 0.2) is 0 Å². The maximum Gasteiger partial charge on any atom is 0.148 e. The normalized spacial score (nSPS) is 10.6. The molecule has 0 atom stereocenters. The minimum Gasteiger partial charge on any atom is -0.368 e. The zero-order valence-corrected chi connectivity index (χ0v) is 13.5. The Hall–Kier alpha value is -2.27. The van der Waals surface area contributed by atoms with Crippen molar-refractivity contribution in [1.29, 1.82) is 0 Å². The lowest BCUT2D eigenvalue weighted by Crippen LogP contribution is -2.07. The highest BCUT2D eigenvalue weighted by atomic mass is 32.1. The van der Waals surface area contributed by atoms with Crippen LogP contribution in [0.2, 0.25) is 0 Å². The topological polar surface area (TPSA) is 50.7 Å². The summed E-state index contributed by atoms with van der Waals surface area (Å²) in [6.07, 6.45) is 0.950. The Morgan fingerprint density at radius 1 is 1.00 bits per heavy atom. The molecule has 1 N–H and O–H groups in total. The summed E-state index contributed by atoms with van der Waals surface area (Å²) in [4.78, 5) is 4.51. The molecule has 0 aliphatic carbocycles. The SMILES string of the molecule is Cc1ccc(NCCc2ccc(-c3csc(C)n3)cc2)nn1. The van der Waals surface area contributed by atoms with Crippen LogP contribution in [0.1, 0.15) is 16.3 Å². The van der Waals surface area contributed by atoms with E-state index in [1.165, 1.54) is 11.1 Å². The molecule has 112 valence electrons. The number of nitrogens with zero attached hydrogens (tertiary/aromatic N) is 3. The lowest BCUT2D eigenvalue weighted by atomic mass is 10.1. The molecule has 0 bridgehead atoms. The predicted octanol–water partition coefficient (Wildman–Crippen LogP) is 3.87. The van der Waals surface area contributed by atoms with E-state index >= 15 is 0 Å². The molecule has 1 aromatic carbocycles. The third-order valence-corrected chi connectivity index (χ3v) is 4.16. The van der Waals surface area contributed by atoms with E-state index < -0.39 is 0 Å². The number of aryl methyl sites for hydroxylation is 2. The highest BCUT2D eigenvalue weighted by Gasteiger charge is 2.02. The first kappa shape index (κ1) is 14.7. The standard InChI is InChI=1S/C17H18N4S/c1-12-3-8-17(21-20-12)18-10-9-14-4-6-15(7-5-14)16-11-22-13(2)19-16/h3-8,11H,9-10H2,1-2H3,(H,18,21). The van der Waals surface area contributed by atoms with Gasteiger partial charge < -0.3 is 5.32 Å². The summed E-state index contributed by atoms with van der Waals surface area (Å²) in [5.41, 5.74) is 4.45. The molecular formula is C17H18N4S. The summed E-state index contributed by atoms with van der Waals surface area (Å²) in [5, 5.41) is 14.6. The third kappa shape index (κ3) is 3.68. The number of thiazole rings is 1. The highest BCUT2D eigenvalue weighted by Crippen LogP contribution is 2.21. The molecule has 0 unspecified atom stereocenters. The minimum absolute atomic E-state index is 0.820. The fourth-order valence-electron chi connectivity index (χ4n) is 2.17. The van der Waals surface area contributed by atoms with Gasteiger partial charge in [-0.15, -0.1) is 16.4 Å². The Morgan fingerprint density at radius 3 is 2.45 bits per heavy atom. The van der Waals surface area contributed by atoms with Crippen molar-refractivity contribution in [3.63, 3.8) is 0 Å². The average molecular weight is 310 g/mol. The van der Waals surface area contributed by atoms with Crippen molar-refractivity contribution in [3.05, 3.63) is 58.0 Å². The number of aromatic nitrogens is 3. The van der Waals surface area contributed by atoms with Crippen LogP contribution in [0.25, 0.3) is 11.3 Å². The molecule has 0 aliphatic heterocycles. The zero-order valence-electron chi connectivity index (χ0n) is 12.7. The van der Waals surface area contributed by atoms with Crippen LogP contribution in [0.15, 0.2) is 41.8 Å². The summed E-state index contributed by atoms with van der Waals surface area (Å²) < 4.78 is 0. The Balaban J connectivity index is 1.56. The molecule has 5 heteroatoms. The van der Waals surface area contributed by atoms with E-state index in [2.05, 4.69) is 50.1 Å². The first-order valence-corrected chi connectivity index (χ1v) is 8.14. The first-order chi connectivity index (χ1) is 10.7. The van der Waals surface area contributed by atoms with Gasteiger partial charge >= 0.3 is 0 Å². The van der Waals surface area contributed by atoms with Gasteiger partial charge in [0, 0.05) is 17.5 Å². The Kier molecular flexibility index (Phi) is 4.44. The van der Waals surface area contributed by atoms with Gasteiger partial charge in [0.1, 0.15) is 5.82 Å². The molecule has 2 heterocycles. The maximum absolute atomic E-state index is 4.51. The van der Waals surface area contributed by atoms with Gasteiger partial charge in [0.25, 0.3) is 0 Å². The van der Waals surface area contributed by atoms with Crippen molar-refractivity contribution >= 4 is 17.2 Å². The molecule has 0 saturated carbocycles. The minimum atomic E-state index is 0.820. The molecule has 2 aromatic heterocycles. The van der Waals surface area contributed by atoms with Crippen molar-refractivity contribution in [2.45, 2.75) is 20.3 Å². The molecule has 22 heavy (non-hydrogen) atoms. The number of benzene rings is 1. The van der Waals surface area contributed by atoms with E-state index in [0.717, 1.165) is 35.2 Å². The number of hydrogen-bond acceptors (Lipinski definition) is 5. The van der Waals surface area contributed by atoms with Crippen LogP contribution in [0.5, 0.6) is 0 Å². The Labute approximate surface area is 134 Å². The monoisotopic (exact) mass is 310 g/mol. The van der Waals surface area contributed by atoms with Gasteiger partial charge in [-0.2, -0.15) is 5.10 Å². The Bertz CT molecular complexity index is 732.